The van der Waals surface area contributed by atoms with Gasteiger partial charge in [0.05, 0.1) is 12.7 Å². The maximum Gasteiger partial charge on any atom is 0.350 e. The second kappa shape index (κ2) is 5.09. The number of hydrogen-bond donors (Lipinski definition) is 3. The molecule has 0 radical (unpaired) electrons. The lowest BCUT2D eigenvalue weighted by atomic mass is 10.2. The molecule has 0 aromatic rings. The van der Waals surface area contributed by atoms with Gasteiger partial charge >= 0.3 is 6.03 Å². The van der Waals surface area contributed by atoms with Gasteiger partial charge in [0.1, 0.15) is 19.0 Å². The first-order valence-electron chi connectivity index (χ1n) is 5.91. The minimum absolute atomic E-state index is 0.191. The lowest BCUT2D eigenvalue weighted by Crippen LogP contribution is -2.54. The maximum atomic E-state index is 11.8. The molecule has 0 unspecified atom stereocenters. The fourth-order valence-corrected chi connectivity index (χ4v) is 2.10. The molecule has 2 aliphatic rings. The average molecular weight is 258 g/mol. The maximum absolute atomic E-state index is 11.8. The van der Waals surface area contributed by atoms with Gasteiger partial charge in [-0.1, -0.05) is 0 Å². The van der Waals surface area contributed by atoms with E-state index in [1.807, 2.05) is 6.92 Å². The van der Waals surface area contributed by atoms with Crippen LogP contribution in [-0.4, -0.2) is 70.3 Å². The molecule has 0 aromatic heterocycles. The Labute approximate surface area is 105 Å². The van der Waals surface area contributed by atoms with E-state index in [0.29, 0.717) is 6.54 Å². The highest BCUT2D eigenvalue weighted by Crippen LogP contribution is 2.25. The van der Waals surface area contributed by atoms with Gasteiger partial charge in [-0.15, -0.1) is 0 Å². The van der Waals surface area contributed by atoms with E-state index in [0.717, 1.165) is 0 Å². The van der Waals surface area contributed by atoms with Crippen LogP contribution in [-0.2, 0) is 4.74 Å². The molecule has 3 atom stereocenters. The Hall–Kier alpha value is -1.38. The molecule has 8 heteroatoms. The van der Waals surface area contributed by atoms with E-state index in [2.05, 4.69) is 4.99 Å². The Bertz CT molecular complexity index is 362. The van der Waals surface area contributed by atoms with Crippen molar-refractivity contribution in [3.63, 3.8) is 0 Å². The number of aliphatic imine (C=N–C) groups is 1. The van der Waals surface area contributed by atoms with Gasteiger partial charge in [0, 0.05) is 13.0 Å². The molecule has 4 N–H and O–H groups in total. The van der Waals surface area contributed by atoms with Gasteiger partial charge in [-0.3, -0.25) is 4.90 Å². The second-order valence-electron chi connectivity index (χ2n) is 4.33. The van der Waals surface area contributed by atoms with E-state index in [1.54, 1.807) is 4.90 Å². The number of guanidine groups is 1. The van der Waals surface area contributed by atoms with Crippen molar-refractivity contribution in [1.82, 2.24) is 9.80 Å². The van der Waals surface area contributed by atoms with E-state index in [9.17, 15) is 9.90 Å². The van der Waals surface area contributed by atoms with E-state index >= 15 is 0 Å². The Morgan fingerprint density at radius 2 is 2.33 bits per heavy atom. The van der Waals surface area contributed by atoms with E-state index in [-0.39, 0.29) is 25.7 Å². The van der Waals surface area contributed by atoms with Crippen molar-refractivity contribution in [2.24, 2.45) is 10.7 Å². The zero-order valence-corrected chi connectivity index (χ0v) is 10.2. The molecule has 2 amide bonds. The molecule has 0 aromatic carbocycles. The van der Waals surface area contributed by atoms with Crippen molar-refractivity contribution in [2.75, 3.05) is 19.8 Å². The summed E-state index contributed by atoms with van der Waals surface area (Å²) in [5, 5.41) is 18.7. The van der Waals surface area contributed by atoms with Gasteiger partial charge in [-0.05, 0) is 6.92 Å². The van der Waals surface area contributed by atoms with Crippen LogP contribution < -0.4 is 5.73 Å². The summed E-state index contributed by atoms with van der Waals surface area (Å²) < 4.78 is 5.43. The summed E-state index contributed by atoms with van der Waals surface area (Å²) in [7, 11) is 0. The molecule has 18 heavy (non-hydrogen) atoms. The van der Waals surface area contributed by atoms with Crippen LogP contribution in [0, 0.1) is 0 Å². The van der Waals surface area contributed by atoms with E-state index < -0.39 is 24.5 Å². The molecule has 2 heterocycles. The topological polar surface area (TPSA) is 112 Å². The third-order valence-electron chi connectivity index (χ3n) is 3.22. The standard InChI is InChI=1S/C10H18N4O4/c1-2-13-5-14(10(17)12-9(13)11)8-3-6(16)7(4-15)18-8/h6-8,15-16H,2-5H2,1H3,(H2,11,12,17)/t6-,7+,8+/m0/s1. The Balaban J connectivity index is 2.08. The molecule has 0 aliphatic carbocycles. The monoisotopic (exact) mass is 258 g/mol. The molecule has 1 fully saturated rings. The number of hydrogen-bond acceptors (Lipinski definition) is 6. The number of aliphatic hydroxyl groups excluding tert-OH is 2. The predicted molar refractivity (Wildman–Crippen MR) is 62.5 cm³/mol. The van der Waals surface area contributed by atoms with Crippen LogP contribution in [0.15, 0.2) is 4.99 Å². The van der Waals surface area contributed by atoms with Crippen LogP contribution in [0.25, 0.3) is 0 Å². The normalized spacial score (nSPS) is 32.9. The zero-order valence-electron chi connectivity index (χ0n) is 10.2. The lowest BCUT2D eigenvalue weighted by molar-refractivity contribution is -0.0711. The Kier molecular flexibility index (Phi) is 3.69. The van der Waals surface area contributed by atoms with Gasteiger partial charge in [0.25, 0.3) is 0 Å². The first-order valence-corrected chi connectivity index (χ1v) is 5.91. The van der Waals surface area contributed by atoms with Crippen LogP contribution in [0.5, 0.6) is 0 Å². The number of nitrogens with zero attached hydrogens (tertiary/aromatic N) is 3. The number of ether oxygens (including phenoxy) is 1. The van der Waals surface area contributed by atoms with Crippen molar-refractivity contribution < 1.29 is 19.7 Å². The number of rotatable bonds is 3. The average Bonchev–Trinajstić information content (AvgIpc) is 2.70. The molecule has 0 bridgehead atoms. The van der Waals surface area contributed by atoms with Crippen LogP contribution in [0.3, 0.4) is 0 Å². The Morgan fingerprint density at radius 3 is 2.89 bits per heavy atom. The molecule has 0 spiro atoms. The highest BCUT2D eigenvalue weighted by atomic mass is 16.5. The summed E-state index contributed by atoms with van der Waals surface area (Å²) in [5.74, 6) is 0.191. The smallest absolute Gasteiger partial charge is 0.350 e. The summed E-state index contributed by atoms with van der Waals surface area (Å²) in [6.07, 6.45) is -1.73. The Morgan fingerprint density at radius 1 is 1.61 bits per heavy atom. The highest BCUT2D eigenvalue weighted by molar-refractivity contribution is 5.93. The molecular formula is C10H18N4O4. The van der Waals surface area contributed by atoms with E-state index in [1.165, 1.54) is 4.90 Å². The van der Waals surface area contributed by atoms with Gasteiger partial charge in [0.15, 0.2) is 0 Å². The number of carbonyl (C=O) groups is 1. The zero-order chi connectivity index (χ0) is 13.3. The van der Waals surface area contributed by atoms with Crippen LogP contribution in [0.4, 0.5) is 4.79 Å². The fourth-order valence-electron chi connectivity index (χ4n) is 2.10. The van der Waals surface area contributed by atoms with Crippen LogP contribution in [0.2, 0.25) is 0 Å². The summed E-state index contributed by atoms with van der Waals surface area (Å²) in [4.78, 5) is 18.6. The third-order valence-corrected chi connectivity index (χ3v) is 3.22. The van der Waals surface area contributed by atoms with Crippen molar-refractivity contribution in [3.8, 4) is 0 Å². The summed E-state index contributed by atoms with van der Waals surface area (Å²) >= 11 is 0. The summed E-state index contributed by atoms with van der Waals surface area (Å²) in [5.41, 5.74) is 5.62. The van der Waals surface area contributed by atoms with Gasteiger partial charge in [-0.25, -0.2) is 4.79 Å². The molecule has 2 rings (SSSR count). The van der Waals surface area contributed by atoms with Crippen molar-refractivity contribution >= 4 is 12.0 Å². The number of urea groups is 1. The van der Waals surface area contributed by atoms with Gasteiger partial charge in [0.2, 0.25) is 5.96 Å². The highest BCUT2D eigenvalue weighted by Gasteiger charge is 2.40. The van der Waals surface area contributed by atoms with Gasteiger partial charge in [-0.2, -0.15) is 4.99 Å². The lowest BCUT2D eigenvalue weighted by Gasteiger charge is -2.36. The summed E-state index contributed by atoms with van der Waals surface area (Å²) in [6.45, 7) is 2.53. The van der Waals surface area contributed by atoms with Crippen molar-refractivity contribution in [3.05, 3.63) is 0 Å². The van der Waals surface area contributed by atoms with Crippen molar-refractivity contribution in [2.45, 2.75) is 31.8 Å². The third kappa shape index (κ3) is 2.26. The second-order valence-corrected chi connectivity index (χ2v) is 4.33. The van der Waals surface area contributed by atoms with Crippen LogP contribution in [0.1, 0.15) is 13.3 Å². The summed E-state index contributed by atoms with van der Waals surface area (Å²) in [6, 6.07) is -0.479. The number of nitrogens with two attached hydrogens (primary N) is 1. The first-order chi connectivity index (χ1) is 8.56. The molecule has 1 saturated heterocycles. The SMILES string of the molecule is CCN1CN([C@H]2C[C@H](O)[C@@H](CO)O2)C(=O)N=C1N. The first kappa shape index (κ1) is 13.1. The quantitative estimate of drug-likeness (QED) is 0.567. The van der Waals surface area contributed by atoms with Crippen molar-refractivity contribution in [1.29, 1.82) is 0 Å². The minimum Gasteiger partial charge on any atom is -0.394 e. The molecule has 2 aliphatic heterocycles. The molecule has 0 saturated carbocycles. The fraction of sp³-hybridized carbons (Fsp3) is 0.800. The number of aliphatic hydroxyl groups is 2. The minimum atomic E-state index is -0.772. The van der Waals surface area contributed by atoms with Crippen LogP contribution >= 0.6 is 0 Å². The van der Waals surface area contributed by atoms with Gasteiger partial charge < -0.3 is 25.6 Å². The molecular weight excluding hydrogens is 240 g/mol. The number of amides is 2. The largest absolute Gasteiger partial charge is 0.394 e. The van der Waals surface area contributed by atoms with E-state index in [4.69, 9.17) is 15.6 Å². The number of carbonyl (C=O) groups excluding carboxylic acids is 1. The molecule has 102 valence electrons. The predicted octanol–water partition coefficient (Wildman–Crippen LogP) is -1.52. The molecule has 8 nitrogen and oxygen atoms in total.